The Morgan fingerprint density at radius 2 is 1.79 bits per heavy atom. The third-order valence-corrected chi connectivity index (χ3v) is 2.64. The molecule has 1 rings (SSSR count). The molecule has 4 nitrogen and oxygen atoms in total. The molecule has 0 bridgehead atoms. The fraction of sp³-hybridized carbons (Fsp3) is 1.00. The first-order valence-corrected chi connectivity index (χ1v) is 5.19. The maximum atomic E-state index is 8.92. The molecule has 1 saturated heterocycles. The van der Waals surface area contributed by atoms with Gasteiger partial charge in [0.05, 0.1) is 13.2 Å². The lowest BCUT2D eigenvalue weighted by molar-refractivity contribution is -0.0895. The van der Waals surface area contributed by atoms with Gasteiger partial charge >= 0.3 is 0 Å². The Kier molecular flexibility index (Phi) is 4.81. The molecule has 0 amide bonds. The molecule has 1 unspecified atom stereocenters. The number of hydrogen-bond acceptors (Lipinski definition) is 4. The molecule has 4 heteroatoms. The van der Waals surface area contributed by atoms with Crippen molar-refractivity contribution in [3.63, 3.8) is 0 Å². The average Bonchev–Trinajstić information content (AvgIpc) is 2.54. The molecule has 0 radical (unpaired) electrons. The molecule has 0 aliphatic carbocycles. The highest BCUT2D eigenvalue weighted by Crippen LogP contribution is 2.25. The van der Waals surface area contributed by atoms with Gasteiger partial charge in [0.2, 0.25) is 0 Å². The lowest BCUT2D eigenvalue weighted by Gasteiger charge is -2.23. The van der Waals surface area contributed by atoms with E-state index in [0.717, 1.165) is 6.42 Å². The van der Waals surface area contributed by atoms with E-state index in [0.29, 0.717) is 25.6 Å². The lowest BCUT2D eigenvalue weighted by atomic mass is 9.89. The highest BCUT2D eigenvalue weighted by molar-refractivity contribution is 4.67. The van der Waals surface area contributed by atoms with Crippen LogP contribution in [-0.4, -0.2) is 36.0 Å². The predicted molar refractivity (Wildman–Crippen MR) is 51.5 cm³/mol. The Morgan fingerprint density at radius 1 is 1.21 bits per heavy atom. The molecule has 0 saturated carbocycles. The summed E-state index contributed by atoms with van der Waals surface area (Å²) < 4.78 is 10.7. The number of ether oxygens (including phenoxy) is 2. The first-order valence-electron chi connectivity index (χ1n) is 5.19. The molecule has 1 fully saturated rings. The molecule has 2 N–H and O–H groups in total. The molecule has 1 atom stereocenters. The second kappa shape index (κ2) is 5.66. The molecule has 84 valence electrons. The van der Waals surface area contributed by atoms with Gasteiger partial charge in [-0.2, -0.15) is 0 Å². The van der Waals surface area contributed by atoms with Crippen LogP contribution < -0.4 is 0 Å². The first-order chi connectivity index (χ1) is 6.59. The second-order valence-corrected chi connectivity index (χ2v) is 4.13. The average molecular weight is 204 g/mol. The van der Waals surface area contributed by atoms with Crippen molar-refractivity contribution in [2.45, 2.75) is 39.3 Å². The van der Waals surface area contributed by atoms with Crippen molar-refractivity contribution in [2.24, 2.45) is 11.8 Å². The van der Waals surface area contributed by atoms with Crippen LogP contribution in [0.3, 0.4) is 0 Å². The van der Waals surface area contributed by atoms with Crippen molar-refractivity contribution in [1.82, 2.24) is 0 Å². The van der Waals surface area contributed by atoms with Crippen LogP contribution in [0.4, 0.5) is 0 Å². The second-order valence-electron chi connectivity index (χ2n) is 4.13. The number of aliphatic hydroxyl groups excluding tert-OH is 1. The van der Waals surface area contributed by atoms with E-state index in [1.54, 1.807) is 0 Å². The summed E-state index contributed by atoms with van der Waals surface area (Å²) in [6.07, 6.45) is -0.249. The maximum absolute atomic E-state index is 8.92. The fourth-order valence-corrected chi connectivity index (χ4v) is 1.70. The van der Waals surface area contributed by atoms with Gasteiger partial charge in [-0.3, -0.25) is 0 Å². The van der Waals surface area contributed by atoms with Crippen LogP contribution >= 0.6 is 0 Å². The monoisotopic (exact) mass is 204 g/mol. The molecule has 0 spiro atoms. The quantitative estimate of drug-likeness (QED) is 0.648. The van der Waals surface area contributed by atoms with Gasteiger partial charge in [0.1, 0.15) is 0 Å². The predicted octanol–water partition coefficient (Wildman–Crippen LogP) is 0.722. The molecule has 1 aliphatic heterocycles. The highest BCUT2D eigenvalue weighted by atomic mass is 16.7. The minimum absolute atomic E-state index is 0.152. The van der Waals surface area contributed by atoms with E-state index < -0.39 is 6.29 Å². The van der Waals surface area contributed by atoms with E-state index in [1.807, 2.05) is 0 Å². The summed E-state index contributed by atoms with van der Waals surface area (Å²) in [5.41, 5.74) is 0. The Bertz CT molecular complexity index is 152. The van der Waals surface area contributed by atoms with E-state index in [4.69, 9.17) is 19.7 Å². The van der Waals surface area contributed by atoms with Gasteiger partial charge < -0.3 is 19.7 Å². The van der Waals surface area contributed by atoms with Gasteiger partial charge in [-0.1, -0.05) is 13.8 Å². The largest absolute Gasteiger partial charge is 0.368 e. The number of aliphatic hydroxyl groups is 2. The van der Waals surface area contributed by atoms with E-state index in [9.17, 15) is 0 Å². The molecule has 0 aromatic heterocycles. The summed E-state index contributed by atoms with van der Waals surface area (Å²) in [6, 6.07) is 0. The van der Waals surface area contributed by atoms with Crippen molar-refractivity contribution in [2.75, 3.05) is 13.2 Å². The Labute approximate surface area is 84.8 Å². The van der Waals surface area contributed by atoms with Crippen molar-refractivity contribution in [3.8, 4) is 0 Å². The van der Waals surface area contributed by atoms with Crippen molar-refractivity contribution in [1.29, 1.82) is 0 Å². The summed E-state index contributed by atoms with van der Waals surface area (Å²) in [7, 11) is 0. The van der Waals surface area contributed by atoms with Gasteiger partial charge in [-0.15, -0.1) is 0 Å². The van der Waals surface area contributed by atoms with E-state index in [-0.39, 0.29) is 12.2 Å². The van der Waals surface area contributed by atoms with Gasteiger partial charge in [0.15, 0.2) is 12.6 Å². The summed E-state index contributed by atoms with van der Waals surface area (Å²) >= 11 is 0. The SMILES string of the molecule is CC(C)C(CC(O)O)CC1OCCO1. The van der Waals surface area contributed by atoms with Gasteiger partial charge in [-0.05, 0) is 11.8 Å². The lowest BCUT2D eigenvalue weighted by Crippen LogP contribution is -2.23. The topological polar surface area (TPSA) is 58.9 Å². The molecule has 1 heterocycles. The Balaban J connectivity index is 2.33. The Morgan fingerprint density at radius 3 is 2.21 bits per heavy atom. The third-order valence-electron chi connectivity index (χ3n) is 2.64. The minimum Gasteiger partial charge on any atom is -0.368 e. The van der Waals surface area contributed by atoms with Crippen molar-refractivity contribution < 1.29 is 19.7 Å². The van der Waals surface area contributed by atoms with Gasteiger partial charge in [0, 0.05) is 12.8 Å². The van der Waals surface area contributed by atoms with Crippen LogP contribution in [0.5, 0.6) is 0 Å². The summed E-state index contributed by atoms with van der Waals surface area (Å²) in [4.78, 5) is 0. The van der Waals surface area contributed by atoms with Crippen LogP contribution in [0, 0.1) is 11.8 Å². The zero-order valence-electron chi connectivity index (χ0n) is 8.85. The molecule has 1 aliphatic rings. The fourth-order valence-electron chi connectivity index (χ4n) is 1.70. The highest BCUT2D eigenvalue weighted by Gasteiger charge is 2.24. The first kappa shape index (κ1) is 11.9. The Hall–Kier alpha value is -0.160. The third kappa shape index (κ3) is 3.92. The minimum atomic E-state index is -1.23. The molecule has 0 aromatic rings. The number of hydrogen-bond donors (Lipinski definition) is 2. The summed E-state index contributed by atoms with van der Waals surface area (Å²) in [5.74, 6) is 0.641. The van der Waals surface area contributed by atoms with Gasteiger partial charge in [-0.25, -0.2) is 0 Å². The zero-order chi connectivity index (χ0) is 10.6. The van der Waals surface area contributed by atoms with Crippen LogP contribution in [-0.2, 0) is 9.47 Å². The van der Waals surface area contributed by atoms with Gasteiger partial charge in [0.25, 0.3) is 0 Å². The van der Waals surface area contributed by atoms with E-state index >= 15 is 0 Å². The van der Waals surface area contributed by atoms with Crippen LogP contribution in [0.15, 0.2) is 0 Å². The van der Waals surface area contributed by atoms with Crippen LogP contribution in [0.1, 0.15) is 26.7 Å². The smallest absolute Gasteiger partial charge is 0.158 e. The molecule has 14 heavy (non-hydrogen) atoms. The van der Waals surface area contributed by atoms with Crippen molar-refractivity contribution >= 4 is 0 Å². The standard InChI is InChI=1S/C10H20O4/c1-7(2)8(5-9(11)12)6-10-13-3-4-14-10/h7-12H,3-6H2,1-2H3. The zero-order valence-corrected chi connectivity index (χ0v) is 8.85. The van der Waals surface area contributed by atoms with E-state index in [2.05, 4.69) is 13.8 Å². The van der Waals surface area contributed by atoms with Crippen LogP contribution in [0.25, 0.3) is 0 Å². The van der Waals surface area contributed by atoms with Crippen molar-refractivity contribution in [3.05, 3.63) is 0 Å². The molecular formula is C10H20O4. The molecule has 0 aromatic carbocycles. The maximum Gasteiger partial charge on any atom is 0.158 e. The molecular weight excluding hydrogens is 184 g/mol. The summed E-state index contributed by atoms with van der Waals surface area (Å²) in [5, 5.41) is 17.8. The van der Waals surface area contributed by atoms with Crippen LogP contribution in [0.2, 0.25) is 0 Å². The summed E-state index contributed by atoms with van der Waals surface area (Å²) in [6.45, 7) is 5.44. The van der Waals surface area contributed by atoms with E-state index in [1.165, 1.54) is 0 Å². The normalized spacial score (nSPS) is 21.0. The number of rotatable bonds is 5.